The van der Waals surface area contributed by atoms with Gasteiger partial charge in [-0.3, -0.25) is 32.5 Å². The number of allylic oxidation sites excluding steroid dienone is 1. The van der Waals surface area contributed by atoms with E-state index in [1.807, 2.05) is 0 Å². The molecule has 1 aliphatic heterocycles. The number of anilines is 1. The number of nitrogen functional groups attached to an aromatic ring is 1. The Labute approximate surface area is 311 Å². The van der Waals surface area contributed by atoms with Gasteiger partial charge in [-0.25, -0.2) is 28.6 Å². The van der Waals surface area contributed by atoms with Gasteiger partial charge in [0.15, 0.2) is 17.7 Å². The van der Waals surface area contributed by atoms with Crippen molar-refractivity contribution in [3.8, 4) is 0 Å². The Bertz CT molecular complexity index is 1840. The molecule has 28 heteroatoms. The molecule has 2 aromatic heterocycles. The van der Waals surface area contributed by atoms with Gasteiger partial charge in [-0.2, -0.15) is 4.31 Å². The largest absolute Gasteiger partial charge is 0.481 e. The Kier molecular flexibility index (Phi) is 16.0. The molecule has 304 valence electrons. The van der Waals surface area contributed by atoms with Crippen molar-refractivity contribution in [2.75, 3.05) is 37.8 Å². The lowest BCUT2D eigenvalue weighted by Crippen LogP contribution is -2.46. The molecule has 2 amide bonds. The second-order valence-corrected chi connectivity index (χ2v) is 17.5. The fraction of sp³-hybridized carbons (Fsp3) is 0.615. The van der Waals surface area contributed by atoms with E-state index in [9.17, 15) is 57.9 Å². The predicted octanol–water partition coefficient (Wildman–Crippen LogP) is -0.369. The molecule has 0 aliphatic carbocycles. The average molecular weight is 850 g/mol. The molecular weight excluding hydrogens is 807 g/mol. The number of hydrogen-bond acceptors (Lipinski definition) is 18. The maximum atomic E-state index is 12.7. The highest BCUT2D eigenvalue weighted by Crippen LogP contribution is 2.61. The van der Waals surface area contributed by atoms with Crippen LogP contribution in [-0.4, -0.2) is 123 Å². The first kappa shape index (κ1) is 45.7. The first-order chi connectivity index (χ1) is 25.0. The summed E-state index contributed by atoms with van der Waals surface area (Å²) in [5.41, 5.74) is 4.84. The van der Waals surface area contributed by atoms with Crippen LogP contribution in [0.4, 0.5) is 5.82 Å². The van der Waals surface area contributed by atoms with Gasteiger partial charge in [0, 0.05) is 30.7 Å². The summed E-state index contributed by atoms with van der Waals surface area (Å²) in [5, 5.41) is 26.2. The van der Waals surface area contributed by atoms with Gasteiger partial charge < -0.3 is 50.9 Å². The second kappa shape index (κ2) is 19.0. The number of imidazole rings is 1. The van der Waals surface area contributed by atoms with Crippen LogP contribution in [0.2, 0.25) is 0 Å². The molecule has 0 spiro atoms. The number of aliphatic hydroxyl groups is 2. The number of aromatic nitrogens is 4. The van der Waals surface area contributed by atoms with Crippen molar-refractivity contribution in [1.82, 2.24) is 30.2 Å². The quantitative estimate of drug-likeness (QED) is 0.0466. The highest BCUT2D eigenvalue weighted by Gasteiger charge is 2.50. The molecule has 0 saturated carbocycles. The lowest BCUT2D eigenvalue weighted by molar-refractivity contribution is -0.137. The minimum atomic E-state index is -5.57. The summed E-state index contributed by atoms with van der Waals surface area (Å²) < 4.78 is 62.0. The number of carbonyl (C=O) groups is 3. The van der Waals surface area contributed by atoms with Crippen molar-refractivity contribution < 1.29 is 80.5 Å². The fourth-order valence-corrected chi connectivity index (χ4v) is 8.07. The highest BCUT2D eigenvalue weighted by atomic mass is 32.2. The van der Waals surface area contributed by atoms with E-state index in [2.05, 4.69) is 34.4 Å². The summed E-state index contributed by atoms with van der Waals surface area (Å²) in [6.45, 7) is 3.88. The molecule has 0 aromatic carbocycles. The molecule has 7 atom stereocenters. The molecule has 0 bridgehead atoms. The second-order valence-electron chi connectivity index (χ2n) is 12.2. The minimum absolute atomic E-state index is 0.0301. The minimum Gasteiger partial charge on any atom is -0.386 e. The molecule has 3 heterocycles. The molecule has 3 unspecified atom stereocenters. The van der Waals surface area contributed by atoms with Crippen LogP contribution in [0.5, 0.6) is 0 Å². The van der Waals surface area contributed by atoms with E-state index in [0.29, 0.717) is 11.3 Å². The van der Waals surface area contributed by atoms with E-state index < -0.39 is 84.6 Å². The predicted molar refractivity (Wildman–Crippen MR) is 187 cm³/mol. The smallest absolute Gasteiger partial charge is 0.386 e. The number of aliphatic hydroxyl groups excluding tert-OH is 2. The van der Waals surface area contributed by atoms with E-state index in [0.717, 1.165) is 29.0 Å². The van der Waals surface area contributed by atoms with Gasteiger partial charge in [0.1, 0.15) is 36.3 Å². The van der Waals surface area contributed by atoms with Gasteiger partial charge >= 0.3 is 23.5 Å². The third kappa shape index (κ3) is 13.2. The van der Waals surface area contributed by atoms with E-state index in [1.165, 1.54) is 13.8 Å². The van der Waals surface area contributed by atoms with Crippen LogP contribution in [0, 0.1) is 5.41 Å². The Morgan fingerprint density at radius 3 is 2.41 bits per heavy atom. The number of nitrogens with one attached hydrogen (secondary N) is 2. The van der Waals surface area contributed by atoms with E-state index in [1.54, 1.807) is 19.9 Å². The molecule has 3 rings (SSSR count). The lowest BCUT2D eigenvalue weighted by Gasteiger charge is -2.30. The number of fused-ring (bicyclic) bond motifs is 1. The first-order valence-electron chi connectivity index (χ1n) is 15.7. The Balaban J connectivity index is 1.51. The molecule has 1 aliphatic rings. The Morgan fingerprint density at radius 2 is 1.76 bits per heavy atom. The molecule has 0 radical (unpaired) electrons. The van der Waals surface area contributed by atoms with Crippen molar-refractivity contribution >= 4 is 69.1 Å². The number of thioether (sulfide) groups is 1. The Hall–Kier alpha value is -2.70. The van der Waals surface area contributed by atoms with Gasteiger partial charge in [0.2, 0.25) is 16.9 Å². The van der Waals surface area contributed by atoms with Gasteiger partial charge in [-0.15, -0.1) is 0 Å². The summed E-state index contributed by atoms with van der Waals surface area (Å²) in [7, 11) is -16.4. The third-order valence-corrected chi connectivity index (χ3v) is 11.6. The average Bonchev–Trinajstić information content (AvgIpc) is 3.64. The standard InChI is InChI=1S/C26H42N7O17P3S/c1-5-14(2)25(38)54-9-8-28-16(34)6-7-29-23(37)20(36)26(3,4)11-47-53(44,45)50-52(42,43)46-10-15-19(49-51(39,40)41)18(35)24(48-15)33-13-32-17-21(27)30-12-31-22(17)33/h5,12-13,15,18-20,24,35-36H,6-11H2,1-4H3,(H,28,34)(H,29,37)(H,42,43)(H,44,45)(H2,27,30,31)(H2,39,40,41)/t15-,18-,19-,20?,24-/m1/s1. The maximum absolute atomic E-state index is 12.7. The molecule has 1 fully saturated rings. The number of ether oxygens (including phenoxy) is 1. The van der Waals surface area contributed by atoms with Crippen LogP contribution < -0.4 is 16.4 Å². The van der Waals surface area contributed by atoms with Gasteiger partial charge in [0.25, 0.3) is 0 Å². The number of phosphoric ester groups is 3. The van der Waals surface area contributed by atoms with E-state index in [4.69, 9.17) is 19.5 Å². The van der Waals surface area contributed by atoms with E-state index >= 15 is 0 Å². The number of rotatable bonds is 20. The van der Waals surface area contributed by atoms with Crippen molar-refractivity contribution in [2.45, 2.75) is 64.8 Å². The number of hydrogen-bond donors (Lipinski definition) is 9. The Morgan fingerprint density at radius 1 is 1.09 bits per heavy atom. The fourth-order valence-electron chi connectivity index (χ4n) is 4.51. The van der Waals surface area contributed by atoms with Crippen LogP contribution in [0.25, 0.3) is 11.2 Å². The van der Waals surface area contributed by atoms with Gasteiger partial charge in [-0.05, 0) is 19.4 Å². The first-order valence-corrected chi connectivity index (χ1v) is 21.2. The molecule has 54 heavy (non-hydrogen) atoms. The maximum Gasteiger partial charge on any atom is 0.481 e. The summed E-state index contributed by atoms with van der Waals surface area (Å²) in [5.74, 6) is -1.13. The number of carbonyl (C=O) groups excluding carboxylic acids is 3. The number of nitrogens with zero attached hydrogens (tertiary/aromatic N) is 4. The molecular formula is C26H42N7O17P3S. The van der Waals surface area contributed by atoms with Crippen LogP contribution in [-0.2, 0) is 50.7 Å². The SMILES string of the molecule is CC=C(C)C(=O)SCCNC(=O)CCNC(=O)C(O)C(C)(C)COP(=O)(O)OP(=O)(O)OC[C@H]1O[C@@H](n2cnc3c(N)ncnc32)[C@H](O)[C@@H]1OP(=O)(O)O. The van der Waals surface area contributed by atoms with Crippen molar-refractivity contribution in [1.29, 1.82) is 0 Å². The summed E-state index contributed by atoms with van der Waals surface area (Å²) in [6, 6.07) is 0. The summed E-state index contributed by atoms with van der Waals surface area (Å²) in [6.07, 6.45) is -5.24. The summed E-state index contributed by atoms with van der Waals surface area (Å²) >= 11 is 1.03. The number of amides is 2. The number of nitrogens with two attached hydrogens (primary N) is 1. The van der Waals surface area contributed by atoms with Gasteiger partial charge in [0.05, 0.1) is 19.5 Å². The molecule has 10 N–H and O–H groups in total. The van der Waals surface area contributed by atoms with Crippen molar-refractivity contribution in [3.63, 3.8) is 0 Å². The molecule has 24 nitrogen and oxygen atoms in total. The van der Waals surface area contributed by atoms with Crippen LogP contribution in [0.3, 0.4) is 0 Å². The van der Waals surface area contributed by atoms with Gasteiger partial charge in [-0.1, -0.05) is 31.7 Å². The van der Waals surface area contributed by atoms with Crippen molar-refractivity contribution in [3.05, 3.63) is 24.3 Å². The zero-order chi connectivity index (χ0) is 40.6. The zero-order valence-electron chi connectivity index (χ0n) is 29.2. The lowest BCUT2D eigenvalue weighted by atomic mass is 9.87. The van der Waals surface area contributed by atoms with Crippen LogP contribution >= 0.6 is 35.2 Å². The normalized spacial score (nSPS) is 22.4. The number of phosphoric acid groups is 3. The van der Waals surface area contributed by atoms with E-state index in [-0.39, 0.29) is 41.6 Å². The zero-order valence-corrected chi connectivity index (χ0v) is 32.7. The highest BCUT2D eigenvalue weighted by molar-refractivity contribution is 8.14. The van der Waals surface area contributed by atoms with Crippen molar-refractivity contribution in [2.24, 2.45) is 5.41 Å². The van der Waals surface area contributed by atoms with Crippen LogP contribution in [0.15, 0.2) is 24.3 Å². The molecule has 1 saturated heterocycles. The summed E-state index contributed by atoms with van der Waals surface area (Å²) in [4.78, 5) is 87.2. The van der Waals surface area contributed by atoms with Crippen LogP contribution in [0.1, 0.15) is 40.3 Å². The topological polar surface area (TPSA) is 364 Å². The monoisotopic (exact) mass is 849 g/mol. The molecule has 2 aromatic rings. The third-order valence-electron chi connectivity index (χ3n) is 7.49.